The minimum Gasteiger partial charge on any atom is -0.367 e. The molecule has 0 radical (unpaired) electrons. The van der Waals surface area contributed by atoms with Crippen molar-refractivity contribution in [1.82, 2.24) is 10.1 Å². The summed E-state index contributed by atoms with van der Waals surface area (Å²) in [5.41, 5.74) is 10.3. The second-order valence-electron chi connectivity index (χ2n) is 3.11. The monoisotopic (exact) mass is 217 g/mol. The zero-order valence-electron chi connectivity index (χ0n) is 7.68. The molecule has 0 aliphatic rings. The van der Waals surface area contributed by atoms with Crippen LogP contribution < -0.4 is 5.73 Å². The molecule has 1 aromatic carbocycles. The van der Waals surface area contributed by atoms with Crippen LogP contribution in [-0.4, -0.2) is 10.1 Å². The Labute approximate surface area is 89.3 Å². The molecule has 0 spiro atoms. The van der Waals surface area contributed by atoms with Gasteiger partial charge in [-0.2, -0.15) is 0 Å². The molecule has 3 aromatic rings. The number of nitrogens with two attached hydrogens (primary N) is 1. The zero-order valence-corrected chi connectivity index (χ0v) is 8.49. The molecule has 0 saturated carbocycles. The Bertz CT molecular complexity index is 614. The highest BCUT2D eigenvalue weighted by molar-refractivity contribution is 7.17. The maximum Gasteiger partial charge on any atom is 0.230 e. The van der Waals surface area contributed by atoms with E-state index < -0.39 is 0 Å². The molecule has 2 N–H and O–H groups in total. The van der Waals surface area contributed by atoms with Gasteiger partial charge in [-0.25, -0.2) is 4.98 Å². The highest BCUT2D eigenvalue weighted by Crippen LogP contribution is 2.33. The van der Waals surface area contributed by atoms with Crippen LogP contribution in [0.4, 0.5) is 5.88 Å². The van der Waals surface area contributed by atoms with Gasteiger partial charge in [0, 0.05) is 5.56 Å². The van der Waals surface area contributed by atoms with Crippen LogP contribution in [0.3, 0.4) is 0 Å². The van der Waals surface area contributed by atoms with Gasteiger partial charge in [0.05, 0.1) is 27.5 Å². The van der Waals surface area contributed by atoms with Gasteiger partial charge in [0.25, 0.3) is 0 Å². The third kappa shape index (κ3) is 1.20. The Kier molecular flexibility index (Phi) is 1.72. The lowest BCUT2D eigenvalue weighted by Gasteiger charge is -1.98. The topological polar surface area (TPSA) is 64.9 Å². The van der Waals surface area contributed by atoms with Crippen molar-refractivity contribution in [3.63, 3.8) is 0 Å². The van der Waals surface area contributed by atoms with Crippen LogP contribution in [-0.2, 0) is 0 Å². The van der Waals surface area contributed by atoms with E-state index in [1.54, 1.807) is 17.5 Å². The lowest BCUT2D eigenvalue weighted by Crippen LogP contribution is -1.84. The fraction of sp³-hybridized carbons (Fsp3) is 0. The molecular weight excluding hydrogens is 210 g/mol. The number of hydrogen-bond acceptors (Lipinski definition) is 5. The van der Waals surface area contributed by atoms with Gasteiger partial charge < -0.3 is 10.3 Å². The van der Waals surface area contributed by atoms with Crippen LogP contribution in [0.15, 0.2) is 34.4 Å². The van der Waals surface area contributed by atoms with Crippen molar-refractivity contribution in [2.75, 3.05) is 5.73 Å². The molecule has 15 heavy (non-hydrogen) atoms. The summed E-state index contributed by atoms with van der Waals surface area (Å²) in [6.07, 6.45) is 1.63. The fourth-order valence-electron chi connectivity index (χ4n) is 1.55. The summed E-state index contributed by atoms with van der Waals surface area (Å²) >= 11 is 1.58. The molecule has 0 unspecified atom stereocenters. The highest BCUT2D eigenvalue weighted by Gasteiger charge is 2.11. The van der Waals surface area contributed by atoms with E-state index in [2.05, 4.69) is 10.1 Å². The average Bonchev–Trinajstić information content (AvgIpc) is 2.85. The number of rotatable bonds is 1. The minimum atomic E-state index is 0.343. The zero-order chi connectivity index (χ0) is 10.3. The Morgan fingerprint density at radius 2 is 2.20 bits per heavy atom. The molecule has 3 rings (SSSR count). The number of benzene rings is 1. The first-order chi connectivity index (χ1) is 7.36. The Balaban J connectivity index is 2.36. The third-order valence-corrected chi connectivity index (χ3v) is 3.12. The van der Waals surface area contributed by atoms with Gasteiger partial charge >= 0.3 is 0 Å². The number of thiazole rings is 1. The van der Waals surface area contributed by atoms with Crippen molar-refractivity contribution in [3.8, 4) is 11.1 Å². The van der Waals surface area contributed by atoms with E-state index in [4.69, 9.17) is 10.3 Å². The van der Waals surface area contributed by atoms with Crippen molar-refractivity contribution in [2.24, 2.45) is 0 Å². The van der Waals surface area contributed by atoms with Gasteiger partial charge in [-0.15, -0.1) is 11.3 Å². The van der Waals surface area contributed by atoms with Crippen LogP contribution in [0.2, 0.25) is 0 Å². The maximum absolute atomic E-state index is 5.69. The predicted molar refractivity (Wildman–Crippen MR) is 59.5 cm³/mol. The second-order valence-corrected chi connectivity index (χ2v) is 3.96. The quantitative estimate of drug-likeness (QED) is 0.680. The number of hydrogen-bond donors (Lipinski definition) is 1. The molecule has 2 aromatic heterocycles. The average molecular weight is 217 g/mol. The van der Waals surface area contributed by atoms with Crippen LogP contribution >= 0.6 is 11.3 Å². The van der Waals surface area contributed by atoms with Crippen molar-refractivity contribution in [2.45, 2.75) is 0 Å². The van der Waals surface area contributed by atoms with Crippen molar-refractivity contribution < 1.29 is 4.52 Å². The SMILES string of the molecule is Nc1oncc1-c1cccc2ncsc12. The lowest BCUT2D eigenvalue weighted by atomic mass is 10.1. The molecule has 0 saturated heterocycles. The molecule has 2 heterocycles. The highest BCUT2D eigenvalue weighted by atomic mass is 32.1. The minimum absolute atomic E-state index is 0.343. The van der Waals surface area contributed by atoms with Gasteiger partial charge in [0.15, 0.2) is 0 Å². The summed E-state index contributed by atoms with van der Waals surface area (Å²) in [5, 5.41) is 3.67. The Hall–Kier alpha value is -1.88. The Morgan fingerprint density at radius 3 is 3.00 bits per heavy atom. The van der Waals surface area contributed by atoms with Crippen LogP contribution in [0.1, 0.15) is 0 Å². The summed E-state index contributed by atoms with van der Waals surface area (Å²) in [4.78, 5) is 4.25. The summed E-state index contributed by atoms with van der Waals surface area (Å²) in [7, 11) is 0. The van der Waals surface area contributed by atoms with Crippen LogP contribution in [0, 0.1) is 0 Å². The van der Waals surface area contributed by atoms with E-state index in [-0.39, 0.29) is 0 Å². The normalized spacial score (nSPS) is 10.9. The number of aromatic nitrogens is 2. The number of fused-ring (bicyclic) bond motifs is 1. The maximum atomic E-state index is 5.69. The van der Waals surface area contributed by atoms with Gasteiger partial charge in [-0.1, -0.05) is 17.3 Å². The Morgan fingerprint density at radius 1 is 1.27 bits per heavy atom. The fourth-order valence-corrected chi connectivity index (χ4v) is 2.37. The van der Waals surface area contributed by atoms with Crippen molar-refractivity contribution >= 4 is 27.4 Å². The molecule has 4 nitrogen and oxygen atoms in total. The largest absolute Gasteiger partial charge is 0.367 e. The van der Waals surface area contributed by atoms with E-state index in [1.807, 2.05) is 23.7 Å². The van der Waals surface area contributed by atoms with E-state index >= 15 is 0 Å². The lowest BCUT2D eigenvalue weighted by molar-refractivity contribution is 0.436. The first kappa shape index (κ1) is 8.43. The first-order valence-corrected chi connectivity index (χ1v) is 5.27. The standard InChI is InChI=1S/C10H7N3OS/c11-10-7(4-13-14-10)6-2-1-3-8-9(6)15-5-12-8/h1-5H,11H2. The van der Waals surface area contributed by atoms with Crippen LogP contribution in [0.25, 0.3) is 21.3 Å². The molecule has 0 aliphatic heterocycles. The molecule has 0 aliphatic carbocycles. The van der Waals surface area contributed by atoms with E-state index in [0.717, 1.165) is 21.3 Å². The molecule has 5 heteroatoms. The van der Waals surface area contributed by atoms with Gasteiger partial charge in [0.2, 0.25) is 5.88 Å². The van der Waals surface area contributed by atoms with Gasteiger partial charge in [0.1, 0.15) is 0 Å². The molecule has 0 fully saturated rings. The summed E-state index contributed by atoms with van der Waals surface area (Å²) < 4.78 is 5.96. The number of nitrogen functional groups attached to an aromatic ring is 1. The number of anilines is 1. The van der Waals surface area contributed by atoms with Crippen molar-refractivity contribution in [1.29, 1.82) is 0 Å². The summed E-state index contributed by atoms with van der Waals surface area (Å²) in [5.74, 6) is 0.343. The van der Waals surface area contributed by atoms with Crippen molar-refractivity contribution in [3.05, 3.63) is 29.9 Å². The van der Waals surface area contributed by atoms with E-state index in [9.17, 15) is 0 Å². The smallest absolute Gasteiger partial charge is 0.230 e. The summed E-state index contributed by atoms with van der Waals surface area (Å²) in [6.45, 7) is 0. The first-order valence-electron chi connectivity index (χ1n) is 4.39. The molecule has 0 bridgehead atoms. The molecule has 0 amide bonds. The van der Waals surface area contributed by atoms with Gasteiger partial charge in [-0.05, 0) is 6.07 Å². The van der Waals surface area contributed by atoms with Gasteiger partial charge in [-0.3, -0.25) is 0 Å². The number of nitrogens with zero attached hydrogens (tertiary/aromatic N) is 2. The van der Waals surface area contributed by atoms with E-state index in [1.165, 1.54) is 0 Å². The molecule has 0 atom stereocenters. The predicted octanol–water partition coefficient (Wildman–Crippen LogP) is 2.53. The molecule has 74 valence electrons. The summed E-state index contributed by atoms with van der Waals surface area (Å²) in [6, 6.07) is 5.91. The van der Waals surface area contributed by atoms with E-state index in [0.29, 0.717) is 5.88 Å². The third-order valence-electron chi connectivity index (χ3n) is 2.25. The van der Waals surface area contributed by atoms with Crippen LogP contribution in [0.5, 0.6) is 0 Å². The molecular formula is C10H7N3OS. The second kappa shape index (κ2) is 3.06.